The molecule has 0 bridgehead atoms. The highest BCUT2D eigenvalue weighted by Crippen LogP contribution is 2.51. The number of hydrogen-bond acceptors (Lipinski definition) is 7. The van der Waals surface area contributed by atoms with Gasteiger partial charge in [-0.05, 0) is 80.6 Å². The molecule has 0 amide bonds. The monoisotopic (exact) mass is 643 g/mol. The molecule has 3 heterocycles. The first kappa shape index (κ1) is 30.8. The van der Waals surface area contributed by atoms with Gasteiger partial charge in [0.25, 0.3) is 10.0 Å². The Bertz CT molecular complexity index is 1880. The van der Waals surface area contributed by atoms with E-state index in [-0.39, 0.29) is 30.1 Å². The summed E-state index contributed by atoms with van der Waals surface area (Å²) in [6.45, 7) is 3.96. The minimum atomic E-state index is -4.63. The van der Waals surface area contributed by atoms with Crippen molar-refractivity contribution < 1.29 is 30.8 Å². The number of carbonyl (C=O) groups is 1. The average molecular weight is 644 g/mol. The molecule has 0 unspecified atom stereocenters. The zero-order valence-corrected chi connectivity index (χ0v) is 25.2. The van der Waals surface area contributed by atoms with E-state index in [9.17, 15) is 30.8 Å². The van der Waals surface area contributed by atoms with Gasteiger partial charge in [0.2, 0.25) is 5.03 Å². The number of aryl methyl sites for hydroxylation is 1. The minimum Gasteiger partial charge on any atom is -0.291 e. The molecule has 2 aliphatic rings. The zero-order chi connectivity index (χ0) is 32.1. The lowest BCUT2D eigenvalue weighted by Crippen LogP contribution is -2.50. The Kier molecular flexibility index (Phi) is 7.72. The number of aromatic nitrogens is 6. The summed E-state index contributed by atoms with van der Waals surface area (Å²) in [7, 11) is -4.09. The lowest BCUT2D eigenvalue weighted by atomic mass is 9.60. The van der Waals surface area contributed by atoms with Crippen LogP contribution in [0.1, 0.15) is 60.4 Å². The van der Waals surface area contributed by atoms with E-state index in [1.165, 1.54) is 27.4 Å². The van der Waals surface area contributed by atoms with Crippen LogP contribution in [0.25, 0.3) is 11.8 Å². The SMILES string of the molecule is CCN([C@H]1CCC2=Cc3c(cnn3-c3ccc(F)cc3)C[C@]2(C(=O)c2ccc(C(F)(F)F)cn2)C1)S(=O)(=O)c1cnn(CC)n1. The number of benzene rings is 1. The highest BCUT2D eigenvalue weighted by atomic mass is 32.2. The second kappa shape index (κ2) is 11.3. The van der Waals surface area contributed by atoms with E-state index in [2.05, 4.69) is 20.3 Å². The van der Waals surface area contributed by atoms with Gasteiger partial charge in [-0.3, -0.25) is 9.78 Å². The summed E-state index contributed by atoms with van der Waals surface area (Å²) < 4.78 is 84.0. The Balaban J connectivity index is 1.42. The van der Waals surface area contributed by atoms with Gasteiger partial charge in [-0.25, -0.2) is 17.5 Å². The Morgan fingerprint density at radius 2 is 1.82 bits per heavy atom. The molecule has 6 rings (SSSR count). The van der Waals surface area contributed by atoms with Crippen LogP contribution < -0.4 is 0 Å². The Morgan fingerprint density at radius 3 is 2.44 bits per heavy atom. The molecule has 0 saturated heterocycles. The van der Waals surface area contributed by atoms with E-state index in [0.29, 0.717) is 48.1 Å². The van der Waals surface area contributed by atoms with Gasteiger partial charge in [0.05, 0.1) is 41.3 Å². The molecule has 2 atom stereocenters. The van der Waals surface area contributed by atoms with E-state index >= 15 is 0 Å². The van der Waals surface area contributed by atoms with Gasteiger partial charge in [0.1, 0.15) is 11.5 Å². The molecule has 45 heavy (non-hydrogen) atoms. The molecule has 0 N–H and O–H groups in total. The molecule has 0 aliphatic heterocycles. The van der Waals surface area contributed by atoms with Crippen molar-refractivity contribution in [1.29, 1.82) is 0 Å². The molecule has 0 spiro atoms. The third kappa shape index (κ3) is 5.37. The molecule has 10 nitrogen and oxygen atoms in total. The fourth-order valence-electron chi connectivity index (χ4n) is 6.36. The molecule has 236 valence electrons. The average Bonchev–Trinajstić information content (AvgIpc) is 3.67. The molecule has 1 aromatic carbocycles. The maximum absolute atomic E-state index is 14.4. The quantitative estimate of drug-likeness (QED) is 0.194. The van der Waals surface area contributed by atoms with Gasteiger partial charge >= 0.3 is 6.18 Å². The van der Waals surface area contributed by atoms with E-state index in [4.69, 9.17) is 0 Å². The smallest absolute Gasteiger partial charge is 0.291 e. The number of pyridine rings is 1. The van der Waals surface area contributed by atoms with Crippen LogP contribution in [0.4, 0.5) is 17.6 Å². The zero-order valence-electron chi connectivity index (χ0n) is 24.4. The van der Waals surface area contributed by atoms with E-state index in [1.54, 1.807) is 36.9 Å². The lowest BCUT2D eigenvalue weighted by molar-refractivity contribution is -0.137. The maximum Gasteiger partial charge on any atom is 0.417 e. The fourth-order valence-corrected chi connectivity index (χ4v) is 7.89. The Labute approximate surface area is 256 Å². The summed E-state index contributed by atoms with van der Waals surface area (Å²) in [5.41, 5.74) is 0.241. The Morgan fingerprint density at radius 1 is 1.07 bits per heavy atom. The second-order valence-corrected chi connectivity index (χ2v) is 12.9. The van der Waals surface area contributed by atoms with Gasteiger partial charge in [0, 0.05) is 18.8 Å². The normalized spacial score (nSPS) is 20.1. The largest absolute Gasteiger partial charge is 0.417 e. The summed E-state index contributed by atoms with van der Waals surface area (Å²) in [5, 5.41) is 12.4. The summed E-state index contributed by atoms with van der Waals surface area (Å²) in [6, 6.07) is 7.04. The summed E-state index contributed by atoms with van der Waals surface area (Å²) in [5.74, 6) is -0.907. The second-order valence-electron chi connectivity index (χ2n) is 11.1. The van der Waals surface area contributed by atoms with Crippen LogP contribution in [-0.4, -0.2) is 60.9 Å². The van der Waals surface area contributed by atoms with Gasteiger partial charge in [0.15, 0.2) is 5.78 Å². The topological polar surface area (TPSA) is 116 Å². The molecule has 15 heteroatoms. The van der Waals surface area contributed by atoms with Gasteiger partial charge < -0.3 is 0 Å². The highest BCUT2D eigenvalue weighted by molar-refractivity contribution is 7.89. The molecule has 0 radical (unpaired) electrons. The predicted octanol–water partition coefficient (Wildman–Crippen LogP) is 5.11. The number of hydrogen-bond donors (Lipinski definition) is 0. The molecule has 1 saturated carbocycles. The van der Waals surface area contributed by atoms with Crippen molar-refractivity contribution in [2.24, 2.45) is 5.41 Å². The number of rotatable bonds is 8. The number of sulfonamides is 1. The van der Waals surface area contributed by atoms with Gasteiger partial charge in [-0.1, -0.05) is 12.5 Å². The summed E-state index contributed by atoms with van der Waals surface area (Å²) >= 11 is 0. The predicted molar refractivity (Wildman–Crippen MR) is 154 cm³/mol. The maximum atomic E-state index is 14.4. The standard InChI is InChI=1S/C30H29F4N7O3S/c1-3-39(45(43,44)27-18-36-40(4-2)38-27)24-9-5-20-13-26-19(16-37-41(26)23-10-7-22(31)8-11-23)14-29(20,15-24)28(42)25-12-6-21(17-35-25)30(32,33)34/h6-8,10-13,16-18,24H,3-5,9,14-15H2,1-2H3/t24-,29-/m0/s1. The number of Topliss-reactive ketones (excluding diaryl/α,β-unsaturated/α-hetero) is 1. The number of alkyl halides is 3. The van der Waals surface area contributed by atoms with Crippen molar-refractivity contribution in [3.8, 4) is 5.69 Å². The molecule has 1 fully saturated rings. The van der Waals surface area contributed by atoms with E-state index < -0.39 is 44.8 Å². The van der Waals surface area contributed by atoms with Crippen LogP contribution >= 0.6 is 0 Å². The van der Waals surface area contributed by atoms with Crippen molar-refractivity contribution in [1.82, 2.24) is 34.1 Å². The van der Waals surface area contributed by atoms with Crippen LogP contribution in [-0.2, 0) is 29.2 Å². The van der Waals surface area contributed by atoms with Crippen molar-refractivity contribution >= 4 is 21.9 Å². The third-order valence-electron chi connectivity index (χ3n) is 8.55. The molecule has 4 aromatic rings. The summed E-state index contributed by atoms with van der Waals surface area (Å²) in [6.07, 6.45) is 1.54. The number of carbonyl (C=O) groups excluding carboxylic acids is 1. The minimum absolute atomic E-state index is 0.0660. The van der Waals surface area contributed by atoms with Crippen LogP contribution in [0, 0.1) is 11.2 Å². The van der Waals surface area contributed by atoms with Crippen LogP contribution in [0.5, 0.6) is 0 Å². The molecular weight excluding hydrogens is 614 g/mol. The van der Waals surface area contributed by atoms with E-state index in [0.717, 1.165) is 12.1 Å². The number of fused-ring (bicyclic) bond motifs is 2. The molecular formula is C30H29F4N7O3S. The van der Waals surface area contributed by atoms with Gasteiger partial charge in [-0.2, -0.15) is 32.5 Å². The fraction of sp³-hybridized carbons (Fsp3) is 0.367. The van der Waals surface area contributed by atoms with Crippen LogP contribution in [0.15, 0.2) is 65.6 Å². The van der Waals surface area contributed by atoms with Crippen molar-refractivity contribution in [3.05, 3.63) is 88.9 Å². The van der Waals surface area contributed by atoms with Crippen molar-refractivity contribution in [2.45, 2.75) is 63.3 Å². The van der Waals surface area contributed by atoms with Gasteiger partial charge in [-0.15, -0.1) is 5.10 Å². The third-order valence-corrected chi connectivity index (χ3v) is 10.4. The molecule has 3 aromatic heterocycles. The van der Waals surface area contributed by atoms with Crippen LogP contribution in [0.2, 0.25) is 0 Å². The first-order valence-electron chi connectivity index (χ1n) is 14.4. The number of ketones is 1. The highest BCUT2D eigenvalue weighted by Gasteiger charge is 2.52. The molecule has 2 aliphatic carbocycles. The Hall–Kier alpha value is -4.24. The number of allylic oxidation sites excluding steroid dienone is 1. The van der Waals surface area contributed by atoms with E-state index in [1.807, 2.05) is 6.08 Å². The lowest BCUT2D eigenvalue weighted by Gasteiger charge is -2.46. The first-order chi connectivity index (χ1) is 21.4. The van der Waals surface area contributed by atoms with Crippen molar-refractivity contribution in [3.63, 3.8) is 0 Å². The van der Waals surface area contributed by atoms with Crippen molar-refractivity contribution in [2.75, 3.05) is 6.54 Å². The number of nitrogens with zero attached hydrogens (tertiary/aromatic N) is 7. The summed E-state index contributed by atoms with van der Waals surface area (Å²) in [4.78, 5) is 19.6. The van der Waals surface area contributed by atoms with Crippen LogP contribution in [0.3, 0.4) is 0 Å². The number of halogens is 4. The first-order valence-corrected chi connectivity index (χ1v) is 15.9.